The average Bonchev–Trinajstić information content (AvgIpc) is 2.07. The Bertz CT molecular complexity index is 323. The second-order valence-corrected chi connectivity index (χ2v) is 2.82. The van der Waals surface area contributed by atoms with Crippen LogP contribution in [-0.4, -0.2) is 17.6 Å². The van der Waals surface area contributed by atoms with Crippen molar-refractivity contribution in [1.82, 2.24) is 0 Å². The van der Waals surface area contributed by atoms with Gasteiger partial charge in [0.2, 0.25) is 5.91 Å². The molecule has 0 aliphatic carbocycles. The summed E-state index contributed by atoms with van der Waals surface area (Å²) in [7, 11) is 0. The summed E-state index contributed by atoms with van der Waals surface area (Å²) < 4.78 is 0. The van der Waals surface area contributed by atoms with Crippen LogP contribution in [0, 0.1) is 6.92 Å². The number of nitrogens with one attached hydrogen (secondary N) is 1. The van der Waals surface area contributed by atoms with E-state index in [-0.39, 0.29) is 12.3 Å². The highest BCUT2D eigenvalue weighted by atomic mass is 16.3. The molecule has 0 aliphatic heterocycles. The third kappa shape index (κ3) is 2.66. The zero-order valence-electron chi connectivity index (χ0n) is 7.37. The summed E-state index contributed by atoms with van der Waals surface area (Å²) in [5.41, 5.74) is 6.42. The van der Waals surface area contributed by atoms with Crippen LogP contribution in [0.15, 0.2) is 18.2 Å². The lowest BCUT2D eigenvalue weighted by Crippen LogP contribution is -2.21. The molecular weight excluding hydrogens is 168 g/mol. The number of carbonyl (C=O) groups excluding carboxylic acids is 1. The number of hydrogen-bond donors (Lipinski definition) is 3. The van der Waals surface area contributed by atoms with Gasteiger partial charge in [-0.15, -0.1) is 0 Å². The second-order valence-electron chi connectivity index (χ2n) is 2.82. The molecular formula is C9H12N2O2. The predicted molar refractivity (Wildman–Crippen MR) is 50.5 cm³/mol. The van der Waals surface area contributed by atoms with Crippen molar-refractivity contribution < 1.29 is 9.90 Å². The van der Waals surface area contributed by atoms with Crippen LogP contribution in [0.3, 0.4) is 0 Å². The molecule has 1 aromatic carbocycles. The number of aryl methyl sites for hydroxylation is 1. The van der Waals surface area contributed by atoms with Crippen LogP contribution in [-0.2, 0) is 4.79 Å². The number of amides is 1. The number of phenols is 1. The van der Waals surface area contributed by atoms with Crippen molar-refractivity contribution in [3.63, 3.8) is 0 Å². The number of benzene rings is 1. The lowest BCUT2D eigenvalue weighted by Gasteiger charge is -2.05. The number of carbonyl (C=O) groups is 1. The third-order valence-electron chi connectivity index (χ3n) is 1.68. The minimum Gasteiger partial charge on any atom is -0.508 e. The predicted octanol–water partition coefficient (Wildman–Crippen LogP) is 0.598. The van der Waals surface area contributed by atoms with Gasteiger partial charge >= 0.3 is 0 Å². The largest absolute Gasteiger partial charge is 0.508 e. The van der Waals surface area contributed by atoms with E-state index in [0.717, 1.165) is 5.56 Å². The van der Waals surface area contributed by atoms with Crippen molar-refractivity contribution in [1.29, 1.82) is 0 Å². The fraction of sp³-hybridized carbons (Fsp3) is 0.222. The van der Waals surface area contributed by atoms with Crippen molar-refractivity contribution in [2.24, 2.45) is 5.73 Å². The molecule has 0 heterocycles. The molecule has 0 saturated carbocycles. The lowest BCUT2D eigenvalue weighted by atomic mass is 10.2. The van der Waals surface area contributed by atoms with Gasteiger partial charge in [-0.3, -0.25) is 4.79 Å². The van der Waals surface area contributed by atoms with Gasteiger partial charge in [0.15, 0.2) is 0 Å². The van der Waals surface area contributed by atoms with Gasteiger partial charge in [-0.05, 0) is 18.6 Å². The molecule has 0 atom stereocenters. The molecule has 0 aliphatic rings. The maximum Gasteiger partial charge on any atom is 0.236 e. The molecule has 4 nitrogen and oxygen atoms in total. The number of aromatic hydroxyl groups is 1. The van der Waals surface area contributed by atoms with E-state index < -0.39 is 5.91 Å². The Hall–Kier alpha value is -1.71. The molecule has 0 radical (unpaired) electrons. The van der Waals surface area contributed by atoms with Gasteiger partial charge in [-0.1, -0.05) is 6.07 Å². The Morgan fingerprint density at radius 2 is 2.31 bits per heavy atom. The standard InChI is InChI=1S/C9H12N2O2/c1-6-2-3-7(4-8(6)12)11-5-9(10)13/h2-4,11-12H,5H2,1H3,(H2,10,13). The maximum absolute atomic E-state index is 10.4. The van der Waals surface area contributed by atoms with Gasteiger partial charge in [0.25, 0.3) is 0 Å². The first-order chi connectivity index (χ1) is 6.09. The number of hydrogen-bond acceptors (Lipinski definition) is 3. The van der Waals surface area contributed by atoms with Gasteiger partial charge in [0.1, 0.15) is 5.75 Å². The number of phenolic OH excluding ortho intramolecular Hbond substituents is 1. The summed E-state index contributed by atoms with van der Waals surface area (Å²) in [6, 6.07) is 5.09. The van der Waals surface area contributed by atoms with E-state index in [1.807, 2.05) is 0 Å². The molecule has 0 bridgehead atoms. The summed E-state index contributed by atoms with van der Waals surface area (Å²) >= 11 is 0. The zero-order chi connectivity index (χ0) is 9.84. The minimum absolute atomic E-state index is 0.0719. The van der Waals surface area contributed by atoms with Crippen LogP contribution in [0.5, 0.6) is 5.75 Å². The molecule has 0 fully saturated rings. The maximum atomic E-state index is 10.4. The summed E-state index contributed by atoms with van der Waals surface area (Å²) in [6.07, 6.45) is 0. The first kappa shape index (κ1) is 9.38. The molecule has 4 heteroatoms. The van der Waals surface area contributed by atoms with E-state index >= 15 is 0 Å². The van der Waals surface area contributed by atoms with Crippen LogP contribution in [0.25, 0.3) is 0 Å². The average molecular weight is 180 g/mol. The zero-order valence-corrected chi connectivity index (χ0v) is 7.37. The molecule has 1 aromatic rings. The van der Waals surface area contributed by atoms with Crippen LogP contribution < -0.4 is 11.1 Å². The molecule has 1 rings (SSSR count). The fourth-order valence-electron chi connectivity index (χ4n) is 0.909. The second kappa shape index (κ2) is 3.80. The van der Waals surface area contributed by atoms with E-state index in [2.05, 4.69) is 5.32 Å². The third-order valence-corrected chi connectivity index (χ3v) is 1.68. The Morgan fingerprint density at radius 1 is 1.62 bits per heavy atom. The van der Waals surface area contributed by atoms with Gasteiger partial charge in [0, 0.05) is 11.8 Å². The van der Waals surface area contributed by atoms with Crippen molar-refractivity contribution in [3.8, 4) is 5.75 Å². The monoisotopic (exact) mass is 180 g/mol. The quantitative estimate of drug-likeness (QED) is 0.637. The summed E-state index contributed by atoms with van der Waals surface area (Å²) in [4.78, 5) is 10.4. The van der Waals surface area contributed by atoms with Crippen LogP contribution >= 0.6 is 0 Å². The highest BCUT2D eigenvalue weighted by molar-refractivity contribution is 5.78. The van der Waals surface area contributed by atoms with E-state index in [9.17, 15) is 9.90 Å². The van der Waals surface area contributed by atoms with Gasteiger partial charge in [-0.25, -0.2) is 0 Å². The molecule has 0 spiro atoms. The molecule has 0 unspecified atom stereocenters. The molecule has 1 amide bonds. The van der Waals surface area contributed by atoms with Gasteiger partial charge in [-0.2, -0.15) is 0 Å². The van der Waals surface area contributed by atoms with E-state index in [1.165, 1.54) is 0 Å². The number of nitrogens with two attached hydrogens (primary N) is 1. The first-order valence-electron chi connectivity index (χ1n) is 3.91. The number of primary amides is 1. The highest BCUT2D eigenvalue weighted by Gasteiger charge is 1.98. The topological polar surface area (TPSA) is 75.3 Å². The molecule has 0 aromatic heterocycles. The summed E-state index contributed by atoms with van der Waals surface area (Å²) in [5, 5.41) is 12.1. The Balaban J connectivity index is 2.68. The highest BCUT2D eigenvalue weighted by Crippen LogP contribution is 2.20. The number of anilines is 1. The minimum atomic E-state index is -0.430. The van der Waals surface area contributed by atoms with Crippen molar-refractivity contribution in [2.75, 3.05) is 11.9 Å². The smallest absolute Gasteiger partial charge is 0.236 e. The fourth-order valence-corrected chi connectivity index (χ4v) is 0.909. The van der Waals surface area contributed by atoms with E-state index in [1.54, 1.807) is 25.1 Å². The van der Waals surface area contributed by atoms with E-state index in [0.29, 0.717) is 5.69 Å². The van der Waals surface area contributed by atoms with Gasteiger partial charge < -0.3 is 16.2 Å². The SMILES string of the molecule is Cc1ccc(NCC(N)=O)cc1O. The molecule has 70 valence electrons. The Morgan fingerprint density at radius 3 is 2.85 bits per heavy atom. The number of rotatable bonds is 3. The summed E-state index contributed by atoms with van der Waals surface area (Å²) in [5.74, 6) is -0.227. The van der Waals surface area contributed by atoms with Crippen LogP contribution in [0.2, 0.25) is 0 Å². The van der Waals surface area contributed by atoms with Crippen molar-refractivity contribution in [3.05, 3.63) is 23.8 Å². The van der Waals surface area contributed by atoms with Crippen LogP contribution in [0.1, 0.15) is 5.56 Å². The van der Waals surface area contributed by atoms with Gasteiger partial charge in [0.05, 0.1) is 6.54 Å². The lowest BCUT2D eigenvalue weighted by molar-refractivity contribution is -0.116. The van der Waals surface area contributed by atoms with Crippen molar-refractivity contribution >= 4 is 11.6 Å². The first-order valence-corrected chi connectivity index (χ1v) is 3.91. The Kier molecular flexibility index (Phi) is 2.74. The van der Waals surface area contributed by atoms with Crippen molar-refractivity contribution in [2.45, 2.75) is 6.92 Å². The Labute approximate surface area is 76.4 Å². The summed E-state index contributed by atoms with van der Waals surface area (Å²) in [6.45, 7) is 1.87. The molecule has 4 N–H and O–H groups in total. The normalized spacial score (nSPS) is 9.62. The molecule has 13 heavy (non-hydrogen) atoms. The van der Waals surface area contributed by atoms with Crippen LogP contribution in [0.4, 0.5) is 5.69 Å². The van der Waals surface area contributed by atoms with E-state index in [4.69, 9.17) is 5.73 Å². The molecule has 0 saturated heterocycles.